The van der Waals surface area contributed by atoms with Crippen LogP contribution in [0.2, 0.25) is 0 Å². The highest BCUT2D eigenvalue weighted by molar-refractivity contribution is 9.10. The van der Waals surface area contributed by atoms with Gasteiger partial charge in [0.05, 0.1) is 16.4 Å². The number of nitrogen functional groups attached to an aromatic ring is 1. The maximum atomic E-state index is 13.0. The summed E-state index contributed by atoms with van der Waals surface area (Å²) in [6, 6.07) is 7.93. The van der Waals surface area contributed by atoms with E-state index in [1.165, 1.54) is 4.52 Å². The first-order chi connectivity index (χ1) is 16.6. The number of nitrogens with two attached hydrogens (primary N) is 1. The zero-order chi connectivity index (χ0) is 25.3. The standard InChI is InChI=1S/C24H23BrF3N5OS/c1-3-4-8-17(12-16-9-6-5-7-15(16)2)19-13-30-33-22(29)20(25)21(31-23(19)33)18-10-11-32(14-18)35(34)24(26,27)28/h3-9,12-13,18H,1,10-11,14,29H2,2H3. The second-order valence-electron chi connectivity index (χ2n) is 8.11. The van der Waals surface area contributed by atoms with E-state index in [0.29, 0.717) is 27.8 Å². The van der Waals surface area contributed by atoms with Gasteiger partial charge in [0.15, 0.2) is 5.65 Å². The van der Waals surface area contributed by atoms with Gasteiger partial charge in [-0.3, -0.25) is 0 Å². The van der Waals surface area contributed by atoms with Crippen molar-refractivity contribution in [3.63, 3.8) is 0 Å². The molecule has 1 aliphatic heterocycles. The maximum absolute atomic E-state index is 13.0. The van der Waals surface area contributed by atoms with Crippen molar-refractivity contribution >= 4 is 50.0 Å². The molecular weight excluding hydrogens is 543 g/mol. The predicted octanol–water partition coefficient (Wildman–Crippen LogP) is 5.64. The molecule has 2 atom stereocenters. The van der Waals surface area contributed by atoms with Gasteiger partial charge in [-0.2, -0.15) is 22.8 Å². The van der Waals surface area contributed by atoms with Crippen LogP contribution in [-0.2, 0) is 11.0 Å². The highest BCUT2D eigenvalue weighted by Gasteiger charge is 2.44. The Morgan fingerprint density at radius 2 is 2.09 bits per heavy atom. The summed E-state index contributed by atoms with van der Waals surface area (Å²) in [6.07, 6.45) is 9.39. The normalized spacial score (nSPS) is 18.5. The predicted molar refractivity (Wildman–Crippen MR) is 137 cm³/mol. The Morgan fingerprint density at radius 3 is 2.77 bits per heavy atom. The largest absolute Gasteiger partial charge is 0.485 e. The minimum Gasteiger partial charge on any atom is -0.383 e. The van der Waals surface area contributed by atoms with Crippen molar-refractivity contribution < 1.29 is 17.4 Å². The van der Waals surface area contributed by atoms with Crippen molar-refractivity contribution in [2.24, 2.45) is 0 Å². The van der Waals surface area contributed by atoms with Crippen LogP contribution >= 0.6 is 15.9 Å². The number of hydrogen-bond donors (Lipinski definition) is 1. The molecule has 35 heavy (non-hydrogen) atoms. The Hall–Kier alpha value is -2.76. The molecule has 1 aliphatic rings. The summed E-state index contributed by atoms with van der Waals surface area (Å²) in [6.45, 7) is 5.76. The summed E-state index contributed by atoms with van der Waals surface area (Å²) in [5.41, 5.74) is 6.18. The van der Waals surface area contributed by atoms with Crippen LogP contribution in [0.1, 0.15) is 34.7 Å². The molecule has 0 spiro atoms. The van der Waals surface area contributed by atoms with E-state index in [1.807, 2.05) is 43.3 Å². The third-order valence-electron chi connectivity index (χ3n) is 5.84. The summed E-state index contributed by atoms with van der Waals surface area (Å²) in [5.74, 6) is -0.0900. The van der Waals surface area contributed by atoms with Gasteiger partial charge in [-0.1, -0.05) is 49.1 Å². The van der Waals surface area contributed by atoms with Crippen molar-refractivity contribution in [3.8, 4) is 0 Å². The number of fused-ring (bicyclic) bond motifs is 1. The highest BCUT2D eigenvalue weighted by atomic mass is 79.9. The van der Waals surface area contributed by atoms with Gasteiger partial charge in [0.2, 0.25) is 11.0 Å². The van der Waals surface area contributed by atoms with Crippen LogP contribution in [-0.4, -0.2) is 41.7 Å². The Labute approximate surface area is 211 Å². The number of anilines is 1. The molecule has 3 aromatic rings. The molecule has 0 amide bonds. The Morgan fingerprint density at radius 1 is 1.34 bits per heavy atom. The van der Waals surface area contributed by atoms with Gasteiger partial charge in [0, 0.05) is 24.6 Å². The molecule has 3 heterocycles. The Bertz CT molecular complexity index is 1370. The lowest BCUT2D eigenvalue weighted by Crippen LogP contribution is -2.33. The molecule has 1 fully saturated rings. The number of benzene rings is 1. The summed E-state index contributed by atoms with van der Waals surface area (Å²) in [5, 5.41) is 4.41. The van der Waals surface area contributed by atoms with E-state index in [2.05, 4.69) is 27.6 Å². The number of halogens is 4. The molecule has 2 unspecified atom stereocenters. The third kappa shape index (κ3) is 5.12. The first-order valence-corrected chi connectivity index (χ1v) is 12.6. The second-order valence-corrected chi connectivity index (χ2v) is 10.4. The van der Waals surface area contributed by atoms with Crippen LogP contribution in [0, 0.1) is 6.92 Å². The van der Waals surface area contributed by atoms with Crippen LogP contribution in [0.3, 0.4) is 0 Å². The molecule has 0 saturated carbocycles. The minimum absolute atomic E-state index is 0.0426. The summed E-state index contributed by atoms with van der Waals surface area (Å²) < 4.78 is 53.6. The Balaban J connectivity index is 1.80. The van der Waals surface area contributed by atoms with E-state index in [9.17, 15) is 17.4 Å². The second kappa shape index (κ2) is 10.1. The summed E-state index contributed by atoms with van der Waals surface area (Å²) in [7, 11) is -3.07. The fourth-order valence-corrected chi connectivity index (χ4v) is 5.50. The number of rotatable bonds is 6. The quantitative estimate of drug-likeness (QED) is 0.392. The van der Waals surface area contributed by atoms with E-state index >= 15 is 0 Å². The average Bonchev–Trinajstić information content (AvgIpc) is 3.46. The smallest absolute Gasteiger partial charge is 0.383 e. The van der Waals surface area contributed by atoms with Crippen LogP contribution in [0.15, 0.2) is 59.7 Å². The lowest BCUT2D eigenvalue weighted by atomic mass is 10.0. The number of aryl methyl sites for hydroxylation is 1. The molecular formula is C24H23BrF3N5OS. The molecule has 0 aliphatic carbocycles. The minimum atomic E-state index is -4.80. The molecule has 0 radical (unpaired) electrons. The molecule has 2 N–H and O–H groups in total. The van der Waals surface area contributed by atoms with Crippen LogP contribution < -0.4 is 5.73 Å². The van der Waals surface area contributed by atoms with Gasteiger partial charge in [0.25, 0.3) is 0 Å². The molecule has 11 heteroatoms. The number of allylic oxidation sites excluding steroid dienone is 4. The molecule has 1 aromatic carbocycles. The molecule has 2 aromatic heterocycles. The van der Waals surface area contributed by atoms with Gasteiger partial charge in [-0.05, 0) is 52.1 Å². The maximum Gasteiger partial charge on any atom is 0.485 e. The number of alkyl halides is 3. The monoisotopic (exact) mass is 565 g/mol. The van der Waals surface area contributed by atoms with E-state index in [1.54, 1.807) is 18.3 Å². The van der Waals surface area contributed by atoms with Gasteiger partial charge >= 0.3 is 5.51 Å². The van der Waals surface area contributed by atoms with Crippen molar-refractivity contribution in [2.75, 3.05) is 18.8 Å². The lowest BCUT2D eigenvalue weighted by molar-refractivity contribution is -0.0424. The number of nitrogens with zero attached hydrogens (tertiary/aromatic N) is 4. The molecule has 4 rings (SSSR count). The van der Waals surface area contributed by atoms with Gasteiger partial charge in [0.1, 0.15) is 5.82 Å². The SMILES string of the molecule is C=CC=CC(=Cc1ccccc1C)c1cnn2c(N)c(Br)c(C3CCN(S(=O)C(F)(F)F)C3)nc12. The fourth-order valence-electron chi connectivity index (χ4n) is 4.04. The first-order valence-electron chi connectivity index (χ1n) is 10.7. The number of hydrogen-bond acceptors (Lipinski definition) is 4. The zero-order valence-corrected chi connectivity index (χ0v) is 21.2. The zero-order valence-electron chi connectivity index (χ0n) is 18.8. The van der Waals surface area contributed by atoms with Gasteiger partial charge in [-0.15, -0.1) is 0 Å². The van der Waals surface area contributed by atoms with Crippen molar-refractivity contribution in [1.82, 2.24) is 18.9 Å². The molecule has 184 valence electrons. The van der Waals surface area contributed by atoms with Crippen molar-refractivity contribution in [2.45, 2.75) is 24.8 Å². The third-order valence-corrected chi connectivity index (χ3v) is 7.85. The van der Waals surface area contributed by atoms with Gasteiger partial charge < -0.3 is 5.73 Å². The fraction of sp³-hybridized carbons (Fsp3) is 0.250. The first kappa shape index (κ1) is 25.3. The van der Waals surface area contributed by atoms with E-state index in [-0.39, 0.29) is 24.8 Å². The molecule has 1 saturated heterocycles. The van der Waals surface area contributed by atoms with Crippen molar-refractivity contribution in [1.29, 1.82) is 0 Å². The summed E-state index contributed by atoms with van der Waals surface area (Å²) >= 11 is 3.45. The molecule has 6 nitrogen and oxygen atoms in total. The van der Waals surface area contributed by atoms with Gasteiger partial charge in [-0.25, -0.2) is 13.5 Å². The van der Waals surface area contributed by atoms with E-state index < -0.39 is 16.5 Å². The highest BCUT2D eigenvalue weighted by Crippen LogP contribution is 2.38. The number of aromatic nitrogens is 3. The average molecular weight is 566 g/mol. The summed E-state index contributed by atoms with van der Waals surface area (Å²) in [4.78, 5) is 4.79. The topological polar surface area (TPSA) is 76.5 Å². The Kier molecular flexibility index (Phi) is 7.30. The van der Waals surface area contributed by atoms with Crippen LogP contribution in [0.4, 0.5) is 19.0 Å². The van der Waals surface area contributed by atoms with Crippen molar-refractivity contribution in [3.05, 3.63) is 82.1 Å². The lowest BCUT2D eigenvalue weighted by Gasteiger charge is -2.17. The van der Waals surface area contributed by atoms with E-state index in [0.717, 1.165) is 21.0 Å². The molecule has 0 bridgehead atoms. The van der Waals surface area contributed by atoms with E-state index in [4.69, 9.17) is 10.7 Å². The van der Waals surface area contributed by atoms with Crippen LogP contribution in [0.25, 0.3) is 17.3 Å². The van der Waals surface area contributed by atoms with Crippen LogP contribution in [0.5, 0.6) is 0 Å².